The maximum atomic E-state index is 13.3. The SMILES string of the molecule is O=C(O)CC1CCc2c(Cc3cccnc3S(=O)c3ccc(Cl)cc3)c3ccccc3n2C1. The Morgan fingerprint density at radius 1 is 1.12 bits per heavy atom. The van der Waals surface area contributed by atoms with Crippen molar-refractivity contribution in [2.75, 3.05) is 0 Å². The van der Waals surface area contributed by atoms with E-state index in [9.17, 15) is 14.1 Å². The summed E-state index contributed by atoms with van der Waals surface area (Å²) in [5.74, 6) is -0.616. The van der Waals surface area contributed by atoms with E-state index >= 15 is 0 Å². The van der Waals surface area contributed by atoms with E-state index in [2.05, 4.69) is 21.7 Å². The molecule has 168 valence electrons. The van der Waals surface area contributed by atoms with Gasteiger partial charge in [-0.2, -0.15) is 0 Å². The molecule has 0 bridgehead atoms. The summed E-state index contributed by atoms with van der Waals surface area (Å²) in [4.78, 5) is 16.4. The third-order valence-electron chi connectivity index (χ3n) is 6.31. The molecule has 2 unspecified atom stereocenters. The molecule has 2 aromatic heterocycles. The highest BCUT2D eigenvalue weighted by Crippen LogP contribution is 2.35. The summed E-state index contributed by atoms with van der Waals surface area (Å²) >= 11 is 6.00. The van der Waals surface area contributed by atoms with Gasteiger partial charge in [-0.3, -0.25) is 4.79 Å². The van der Waals surface area contributed by atoms with Crippen LogP contribution in [0.1, 0.15) is 29.7 Å². The molecule has 1 aliphatic rings. The van der Waals surface area contributed by atoms with Crippen molar-refractivity contribution in [1.82, 2.24) is 9.55 Å². The molecule has 2 aromatic carbocycles. The molecule has 0 aliphatic carbocycles. The number of para-hydroxylation sites is 1. The van der Waals surface area contributed by atoms with Crippen LogP contribution in [0.4, 0.5) is 0 Å². The zero-order chi connectivity index (χ0) is 22.9. The van der Waals surface area contributed by atoms with Crippen LogP contribution in [0, 0.1) is 5.92 Å². The summed E-state index contributed by atoms with van der Waals surface area (Å²) in [6.07, 6.45) is 4.17. The topological polar surface area (TPSA) is 72.2 Å². The average Bonchev–Trinajstić information content (AvgIpc) is 3.12. The maximum absolute atomic E-state index is 13.3. The second-order valence-electron chi connectivity index (χ2n) is 8.42. The number of nitrogens with zero attached hydrogens (tertiary/aromatic N) is 2. The molecule has 33 heavy (non-hydrogen) atoms. The van der Waals surface area contributed by atoms with Gasteiger partial charge in [0.25, 0.3) is 0 Å². The molecule has 0 saturated carbocycles. The van der Waals surface area contributed by atoms with E-state index < -0.39 is 16.8 Å². The fraction of sp³-hybridized carbons (Fsp3) is 0.231. The summed E-state index contributed by atoms with van der Waals surface area (Å²) in [5, 5.41) is 11.6. The van der Waals surface area contributed by atoms with Crippen molar-refractivity contribution in [3.05, 3.63) is 88.7 Å². The van der Waals surface area contributed by atoms with E-state index in [1.807, 2.05) is 24.3 Å². The monoisotopic (exact) mass is 478 g/mol. The van der Waals surface area contributed by atoms with Gasteiger partial charge in [-0.25, -0.2) is 9.19 Å². The minimum Gasteiger partial charge on any atom is -0.481 e. The number of carboxylic acids is 1. The van der Waals surface area contributed by atoms with Crippen molar-refractivity contribution in [3.63, 3.8) is 0 Å². The normalized spacial score (nSPS) is 16.5. The number of hydrogen-bond donors (Lipinski definition) is 1. The van der Waals surface area contributed by atoms with Gasteiger partial charge in [-0.1, -0.05) is 35.9 Å². The fourth-order valence-electron chi connectivity index (χ4n) is 4.81. The summed E-state index contributed by atoms with van der Waals surface area (Å²) in [5.41, 5.74) is 4.51. The number of fused-ring (bicyclic) bond motifs is 3. The van der Waals surface area contributed by atoms with Crippen LogP contribution in [0.15, 0.2) is 76.8 Å². The summed E-state index contributed by atoms with van der Waals surface area (Å²) in [6, 6.07) is 19.2. The zero-order valence-corrected chi connectivity index (χ0v) is 19.5. The van der Waals surface area contributed by atoms with Crippen molar-refractivity contribution in [2.24, 2.45) is 5.92 Å². The third kappa shape index (κ3) is 4.33. The minimum atomic E-state index is -1.42. The maximum Gasteiger partial charge on any atom is 0.303 e. The molecule has 0 fully saturated rings. The van der Waals surface area contributed by atoms with E-state index in [1.165, 1.54) is 11.3 Å². The molecule has 1 N–H and O–H groups in total. The number of halogens is 1. The molecule has 4 aromatic rings. The lowest BCUT2D eigenvalue weighted by molar-refractivity contribution is -0.138. The average molecular weight is 479 g/mol. The van der Waals surface area contributed by atoms with Gasteiger partial charge in [0.05, 0.1) is 0 Å². The predicted octanol–water partition coefficient (Wildman–Crippen LogP) is 5.48. The Kier molecular flexibility index (Phi) is 6.04. The molecular weight excluding hydrogens is 456 g/mol. The van der Waals surface area contributed by atoms with Crippen molar-refractivity contribution >= 4 is 39.3 Å². The minimum absolute atomic E-state index is 0.130. The van der Waals surface area contributed by atoms with Crippen LogP contribution < -0.4 is 0 Å². The van der Waals surface area contributed by atoms with Gasteiger partial charge in [-0.15, -0.1) is 0 Å². The third-order valence-corrected chi connectivity index (χ3v) is 7.98. The molecule has 3 heterocycles. The van der Waals surface area contributed by atoms with E-state index in [-0.39, 0.29) is 12.3 Å². The molecule has 0 amide bonds. The van der Waals surface area contributed by atoms with E-state index in [1.54, 1.807) is 30.5 Å². The first-order valence-electron chi connectivity index (χ1n) is 10.9. The summed E-state index contributed by atoms with van der Waals surface area (Å²) < 4.78 is 15.6. The smallest absolute Gasteiger partial charge is 0.303 e. The zero-order valence-electron chi connectivity index (χ0n) is 17.9. The van der Waals surface area contributed by atoms with Gasteiger partial charge in [0.1, 0.15) is 15.8 Å². The highest BCUT2D eigenvalue weighted by Gasteiger charge is 2.27. The van der Waals surface area contributed by atoms with Gasteiger partial charge in [-0.05, 0) is 66.3 Å². The van der Waals surface area contributed by atoms with Crippen LogP contribution in [0.25, 0.3) is 10.9 Å². The van der Waals surface area contributed by atoms with Gasteiger partial charge in [0.2, 0.25) is 0 Å². The second-order valence-corrected chi connectivity index (χ2v) is 10.3. The summed E-state index contributed by atoms with van der Waals surface area (Å²) in [7, 11) is -1.42. The predicted molar refractivity (Wildman–Crippen MR) is 129 cm³/mol. The Morgan fingerprint density at radius 2 is 1.91 bits per heavy atom. The number of pyridine rings is 1. The quantitative estimate of drug-likeness (QED) is 0.398. The van der Waals surface area contributed by atoms with Crippen LogP contribution >= 0.6 is 11.6 Å². The molecule has 5 nitrogen and oxygen atoms in total. The van der Waals surface area contributed by atoms with Crippen LogP contribution in [-0.4, -0.2) is 24.8 Å². The van der Waals surface area contributed by atoms with Gasteiger partial charge in [0, 0.05) is 52.1 Å². The Balaban J connectivity index is 1.55. The number of aromatic nitrogens is 2. The van der Waals surface area contributed by atoms with Crippen LogP contribution in [0.5, 0.6) is 0 Å². The van der Waals surface area contributed by atoms with E-state index in [0.717, 1.165) is 29.3 Å². The lowest BCUT2D eigenvalue weighted by Gasteiger charge is -2.25. The van der Waals surface area contributed by atoms with Gasteiger partial charge in [0.15, 0.2) is 0 Å². The van der Waals surface area contributed by atoms with Crippen LogP contribution in [0.2, 0.25) is 5.02 Å². The molecule has 1 aliphatic heterocycles. The number of rotatable bonds is 6. The van der Waals surface area contributed by atoms with Gasteiger partial charge >= 0.3 is 5.97 Å². The molecule has 0 radical (unpaired) electrons. The molecule has 7 heteroatoms. The summed E-state index contributed by atoms with van der Waals surface area (Å²) in [6.45, 7) is 0.707. The Labute approximate surface area is 199 Å². The first kappa shape index (κ1) is 21.9. The lowest BCUT2D eigenvalue weighted by atomic mass is 9.92. The molecule has 5 rings (SSSR count). The number of hydrogen-bond acceptors (Lipinski definition) is 3. The number of aliphatic carboxylic acids is 1. The largest absolute Gasteiger partial charge is 0.481 e. The fourth-order valence-corrected chi connectivity index (χ4v) is 6.08. The Morgan fingerprint density at radius 3 is 2.70 bits per heavy atom. The van der Waals surface area contributed by atoms with Gasteiger partial charge < -0.3 is 9.67 Å². The number of carbonyl (C=O) groups is 1. The molecule has 0 saturated heterocycles. The Hall–Kier alpha value is -2.96. The van der Waals surface area contributed by atoms with E-state index in [0.29, 0.717) is 27.9 Å². The van der Waals surface area contributed by atoms with Crippen LogP contribution in [0.3, 0.4) is 0 Å². The molecular formula is C26H23ClN2O3S. The highest BCUT2D eigenvalue weighted by atomic mass is 35.5. The molecule has 0 spiro atoms. The first-order chi connectivity index (χ1) is 16.0. The standard InChI is InChI=1S/C26H23ClN2O3S/c27-19-8-10-20(11-9-19)33(32)26-18(4-3-13-28-26)15-22-21-5-1-2-6-23(21)29-16-17(14-25(30)31)7-12-24(22)29/h1-6,8-11,13,17H,7,12,14-16H2,(H,30,31). The van der Waals surface area contributed by atoms with Crippen molar-refractivity contribution in [3.8, 4) is 0 Å². The molecule has 2 atom stereocenters. The first-order valence-corrected chi connectivity index (χ1v) is 12.5. The number of carboxylic acid groups (broad SMARTS) is 1. The van der Waals surface area contributed by atoms with Crippen molar-refractivity contribution < 1.29 is 14.1 Å². The van der Waals surface area contributed by atoms with E-state index in [4.69, 9.17) is 11.6 Å². The van der Waals surface area contributed by atoms with Crippen LogP contribution in [-0.2, 0) is 35.0 Å². The number of benzene rings is 2. The Bertz CT molecular complexity index is 1360. The lowest BCUT2D eigenvalue weighted by Crippen LogP contribution is -2.22. The van der Waals surface area contributed by atoms with Crippen molar-refractivity contribution in [2.45, 2.75) is 42.1 Å². The van der Waals surface area contributed by atoms with Crippen molar-refractivity contribution in [1.29, 1.82) is 0 Å². The second kappa shape index (κ2) is 9.12. The highest BCUT2D eigenvalue weighted by molar-refractivity contribution is 7.85.